The lowest BCUT2D eigenvalue weighted by molar-refractivity contribution is 0.389. The molecule has 1 rings (SSSR count). The van der Waals surface area contributed by atoms with Crippen LogP contribution >= 0.6 is 31.9 Å². The zero-order valence-corrected chi connectivity index (χ0v) is 12.4. The van der Waals surface area contributed by atoms with Crippen molar-refractivity contribution < 1.29 is 0 Å². The minimum atomic E-state index is 0.398. The van der Waals surface area contributed by atoms with E-state index in [1.165, 1.54) is 24.8 Å². The summed E-state index contributed by atoms with van der Waals surface area (Å²) in [7, 11) is 0. The fourth-order valence-corrected chi connectivity index (χ4v) is 3.02. The summed E-state index contributed by atoms with van der Waals surface area (Å²) in [5.74, 6) is 0. The van der Waals surface area contributed by atoms with Crippen molar-refractivity contribution in [2.45, 2.75) is 26.2 Å². The normalized spacial score (nSPS) is 11.7. The summed E-state index contributed by atoms with van der Waals surface area (Å²) in [6.45, 7) is 2.32. The molecule has 0 amide bonds. The van der Waals surface area contributed by atoms with Gasteiger partial charge in [0.25, 0.3) is 0 Å². The summed E-state index contributed by atoms with van der Waals surface area (Å²) in [5, 5.41) is 2.14. The molecule has 0 saturated carbocycles. The molecule has 0 aliphatic carbocycles. The van der Waals surface area contributed by atoms with Crippen molar-refractivity contribution >= 4 is 31.9 Å². The van der Waals surface area contributed by atoms with Gasteiger partial charge in [-0.2, -0.15) is 0 Å². The number of hydrogen-bond donors (Lipinski definition) is 0. The molecule has 0 aliphatic rings. The SMILES string of the molecule is CC(CBr)(CBr)CCCc1ccccc1. The van der Waals surface area contributed by atoms with Crippen molar-refractivity contribution in [3.63, 3.8) is 0 Å². The zero-order valence-electron chi connectivity index (χ0n) is 9.18. The van der Waals surface area contributed by atoms with Crippen molar-refractivity contribution in [2.24, 2.45) is 5.41 Å². The second-order valence-electron chi connectivity index (χ2n) is 4.42. The molecular weight excluding hydrogens is 316 g/mol. The maximum atomic E-state index is 3.59. The largest absolute Gasteiger partial charge is 0.0922 e. The van der Waals surface area contributed by atoms with Gasteiger partial charge < -0.3 is 0 Å². The van der Waals surface area contributed by atoms with Crippen molar-refractivity contribution in [1.82, 2.24) is 0 Å². The molecule has 0 unspecified atom stereocenters. The van der Waals surface area contributed by atoms with E-state index in [9.17, 15) is 0 Å². The second kappa shape index (κ2) is 6.70. The van der Waals surface area contributed by atoms with Crippen molar-refractivity contribution in [3.05, 3.63) is 35.9 Å². The highest BCUT2D eigenvalue weighted by Crippen LogP contribution is 2.28. The van der Waals surface area contributed by atoms with E-state index >= 15 is 0 Å². The van der Waals surface area contributed by atoms with Gasteiger partial charge in [-0.1, -0.05) is 69.1 Å². The molecule has 0 heterocycles. The van der Waals surface area contributed by atoms with Gasteiger partial charge in [0.2, 0.25) is 0 Å². The monoisotopic (exact) mass is 332 g/mol. The number of alkyl halides is 2. The van der Waals surface area contributed by atoms with Crippen LogP contribution in [0.4, 0.5) is 0 Å². The molecule has 0 aliphatic heterocycles. The Morgan fingerprint density at radius 2 is 1.67 bits per heavy atom. The lowest BCUT2D eigenvalue weighted by Crippen LogP contribution is -2.20. The summed E-state index contributed by atoms with van der Waals surface area (Å²) < 4.78 is 0. The van der Waals surface area contributed by atoms with E-state index in [-0.39, 0.29) is 0 Å². The Hall–Kier alpha value is 0.180. The molecule has 0 fully saturated rings. The molecule has 0 bridgehead atoms. The van der Waals surface area contributed by atoms with E-state index in [2.05, 4.69) is 69.1 Å². The van der Waals surface area contributed by atoms with Crippen LogP contribution in [0.25, 0.3) is 0 Å². The Bertz CT molecular complexity index is 265. The van der Waals surface area contributed by atoms with Crippen LogP contribution in [0.2, 0.25) is 0 Å². The number of rotatable bonds is 6. The van der Waals surface area contributed by atoms with E-state index in [1.54, 1.807) is 0 Å². The van der Waals surface area contributed by atoms with Gasteiger partial charge in [0.05, 0.1) is 0 Å². The van der Waals surface area contributed by atoms with Gasteiger partial charge in [0.1, 0.15) is 0 Å². The molecule has 0 aromatic heterocycles. The summed E-state index contributed by atoms with van der Waals surface area (Å²) in [4.78, 5) is 0. The van der Waals surface area contributed by atoms with Gasteiger partial charge in [-0.05, 0) is 30.2 Å². The lowest BCUT2D eigenvalue weighted by atomic mass is 9.89. The van der Waals surface area contributed by atoms with Crippen LogP contribution < -0.4 is 0 Å². The Labute approximate surface area is 110 Å². The topological polar surface area (TPSA) is 0 Å². The number of benzene rings is 1. The first-order valence-electron chi connectivity index (χ1n) is 5.36. The molecule has 1 aromatic carbocycles. The zero-order chi connectivity index (χ0) is 11.1. The van der Waals surface area contributed by atoms with E-state index < -0.39 is 0 Å². The first-order valence-corrected chi connectivity index (χ1v) is 7.60. The Morgan fingerprint density at radius 1 is 1.07 bits per heavy atom. The first kappa shape index (κ1) is 13.2. The van der Waals surface area contributed by atoms with Crippen LogP contribution in [-0.2, 0) is 6.42 Å². The second-order valence-corrected chi connectivity index (χ2v) is 5.54. The highest BCUT2D eigenvalue weighted by atomic mass is 79.9. The number of aryl methyl sites for hydroxylation is 1. The van der Waals surface area contributed by atoms with E-state index in [4.69, 9.17) is 0 Å². The van der Waals surface area contributed by atoms with Crippen LogP contribution in [0.1, 0.15) is 25.3 Å². The quantitative estimate of drug-likeness (QED) is 0.655. The number of hydrogen-bond acceptors (Lipinski definition) is 0. The third-order valence-corrected chi connectivity index (χ3v) is 5.44. The molecule has 0 nitrogen and oxygen atoms in total. The Kier molecular flexibility index (Phi) is 5.91. The third-order valence-electron chi connectivity index (χ3n) is 2.73. The molecule has 84 valence electrons. The fourth-order valence-electron chi connectivity index (χ4n) is 1.53. The average Bonchev–Trinajstić information content (AvgIpc) is 2.30. The lowest BCUT2D eigenvalue weighted by Gasteiger charge is -2.24. The summed E-state index contributed by atoms with van der Waals surface area (Å²) in [6.07, 6.45) is 3.71. The summed E-state index contributed by atoms with van der Waals surface area (Å²) in [5.41, 5.74) is 1.85. The van der Waals surface area contributed by atoms with Crippen molar-refractivity contribution in [3.8, 4) is 0 Å². The van der Waals surface area contributed by atoms with Crippen LogP contribution in [0.3, 0.4) is 0 Å². The first-order chi connectivity index (χ1) is 7.20. The van der Waals surface area contributed by atoms with E-state index in [1.807, 2.05) is 0 Å². The molecule has 1 aromatic rings. The molecule has 0 N–H and O–H groups in total. The molecule has 2 heteroatoms. The van der Waals surface area contributed by atoms with Crippen LogP contribution in [-0.4, -0.2) is 10.7 Å². The maximum Gasteiger partial charge on any atom is 0.00933 e. The fraction of sp³-hybridized carbons (Fsp3) is 0.538. The van der Waals surface area contributed by atoms with E-state index in [0.717, 1.165) is 10.7 Å². The Morgan fingerprint density at radius 3 is 2.20 bits per heavy atom. The molecule has 0 atom stereocenters. The minimum Gasteiger partial charge on any atom is -0.0922 e. The molecule has 0 spiro atoms. The predicted molar refractivity (Wildman–Crippen MR) is 75.1 cm³/mol. The van der Waals surface area contributed by atoms with Gasteiger partial charge in [-0.3, -0.25) is 0 Å². The van der Waals surface area contributed by atoms with E-state index in [0.29, 0.717) is 5.41 Å². The molecular formula is C13H18Br2. The standard InChI is InChI=1S/C13H18Br2/c1-13(10-14,11-15)9-5-8-12-6-3-2-4-7-12/h2-4,6-7H,5,8-11H2,1H3. The van der Waals surface area contributed by atoms with Crippen LogP contribution in [0.15, 0.2) is 30.3 Å². The number of halogens is 2. The van der Waals surface area contributed by atoms with Gasteiger partial charge >= 0.3 is 0 Å². The summed E-state index contributed by atoms with van der Waals surface area (Å²) in [6, 6.07) is 10.7. The van der Waals surface area contributed by atoms with Crippen LogP contribution in [0.5, 0.6) is 0 Å². The van der Waals surface area contributed by atoms with Gasteiger partial charge in [-0.25, -0.2) is 0 Å². The smallest absolute Gasteiger partial charge is 0.00933 e. The Balaban J connectivity index is 2.33. The molecule has 15 heavy (non-hydrogen) atoms. The van der Waals surface area contributed by atoms with Crippen LogP contribution in [0, 0.1) is 5.41 Å². The van der Waals surface area contributed by atoms with Gasteiger partial charge in [0.15, 0.2) is 0 Å². The summed E-state index contributed by atoms with van der Waals surface area (Å²) >= 11 is 7.18. The van der Waals surface area contributed by atoms with Gasteiger partial charge in [-0.15, -0.1) is 0 Å². The molecule has 0 radical (unpaired) electrons. The highest BCUT2D eigenvalue weighted by molar-refractivity contribution is 9.09. The average molecular weight is 334 g/mol. The molecule has 0 saturated heterocycles. The predicted octanol–water partition coefficient (Wildman–Crippen LogP) is 4.81. The maximum absolute atomic E-state index is 3.59. The van der Waals surface area contributed by atoms with Crippen molar-refractivity contribution in [2.75, 3.05) is 10.7 Å². The third kappa shape index (κ3) is 4.69. The van der Waals surface area contributed by atoms with Crippen molar-refractivity contribution in [1.29, 1.82) is 0 Å². The minimum absolute atomic E-state index is 0.398. The highest BCUT2D eigenvalue weighted by Gasteiger charge is 2.20. The van der Waals surface area contributed by atoms with Gasteiger partial charge in [0, 0.05) is 10.7 Å².